The average molecular weight is 534 g/mol. The van der Waals surface area contributed by atoms with Crippen LogP contribution in [0.1, 0.15) is 0 Å². The zero-order chi connectivity index (χ0) is 26.2. The summed E-state index contributed by atoms with van der Waals surface area (Å²) in [6.45, 7) is 0.285. The summed E-state index contributed by atoms with van der Waals surface area (Å²) in [7, 11) is -3.75. The lowest BCUT2D eigenvalue weighted by Crippen LogP contribution is -2.53. The van der Waals surface area contributed by atoms with Gasteiger partial charge in [0.15, 0.2) is 21.4 Å². The number of rotatable bonds is 5. The van der Waals surface area contributed by atoms with Crippen molar-refractivity contribution in [3.05, 3.63) is 72.8 Å². The number of nitrogens with zero attached hydrogens (tertiary/aromatic N) is 2. The van der Waals surface area contributed by atoms with Crippen molar-refractivity contribution in [2.24, 2.45) is 10.3 Å². The van der Waals surface area contributed by atoms with Gasteiger partial charge in [0.05, 0.1) is 41.6 Å². The Bertz CT molecular complexity index is 1370. The van der Waals surface area contributed by atoms with E-state index in [1.54, 1.807) is 0 Å². The molecular weight excluding hydrogens is 511 g/mol. The lowest BCUT2D eigenvalue weighted by Gasteiger charge is -2.43. The van der Waals surface area contributed by atoms with Crippen molar-refractivity contribution in [1.82, 2.24) is 0 Å². The van der Waals surface area contributed by atoms with Gasteiger partial charge in [-0.25, -0.2) is 8.99 Å². The maximum atomic E-state index is 12.9. The first-order valence-corrected chi connectivity index (χ1v) is 12.7. The SMILES string of the molecule is N=S(=O)(/N=C\C1COC[C@H](N2c3ccccc3Oc3ccccc32)[C@H]1O)c1ccc(OC(F)(F)F)cc1. The standard InChI is InChI=1S/C25H22F3N3O5S/c26-25(27,28)36-17-9-11-18(12-10-17)37(29,33)30-13-16-14-34-15-21(24(16)32)31-19-5-1-3-7-22(19)35-23-8-4-2-6-20(23)31/h1-13,16,21,24,29,32H,14-15H2/b30-13-/t16?,21-,24-,37?/m0/s1. The minimum Gasteiger partial charge on any atom is -0.453 e. The molecule has 0 bridgehead atoms. The molecule has 0 radical (unpaired) electrons. The monoisotopic (exact) mass is 533 g/mol. The number of halogens is 3. The first-order chi connectivity index (χ1) is 17.6. The topological polar surface area (TPSA) is 104 Å². The maximum Gasteiger partial charge on any atom is 0.573 e. The summed E-state index contributed by atoms with van der Waals surface area (Å²) in [5.41, 5.74) is 1.49. The average Bonchev–Trinajstić information content (AvgIpc) is 2.86. The summed E-state index contributed by atoms with van der Waals surface area (Å²) in [5, 5.41) is 11.3. The van der Waals surface area contributed by atoms with Gasteiger partial charge >= 0.3 is 6.36 Å². The molecule has 2 unspecified atom stereocenters. The Balaban J connectivity index is 1.38. The van der Waals surface area contributed by atoms with Crippen LogP contribution in [0.4, 0.5) is 24.5 Å². The van der Waals surface area contributed by atoms with Crippen LogP contribution in [0.3, 0.4) is 0 Å². The van der Waals surface area contributed by atoms with E-state index in [9.17, 15) is 22.5 Å². The first kappa shape index (κ1) is 25.1. The number of hydrogen-bond acceptors (Lipinski definition) is 7. The quantitative estimate of drug-likeness (QED) is 0.432. The molecule has 4 atom stereocenters. The molecule has 1 fully saturated rings. The van der Waals surface area contributed by atoms with E-state index in [0.717, 1.165) is 35.6 Å². The molecule has 0 aromatic heterocycles. The van der Waals surface area contributed by atoms with E-state index in [-0.39, 0.29) is 18.1 Å². The van der Waals surface area contributed by atoms with Crippen molar-refractivity contribution in [1.29, 1.82) is 4.78 Å². The van der Waals surface area contributed by atoms with Crippen LogP contribution in [0.5, 0.6) is 17.2 Å². The van der Waals surface area contributed by atoms with E-state index >= 15 is 0 Å². The second kappa shape index (κ2) is 9.69. The Morgan fingerprint density at radius 2 is 1.59 bits per heavy atom. The number of aliphatic hydroxyl groups excluding tert-OH is 1. The van der Waals surface area contributed by atoms with Gasteiger partial charge in [0.2, 0.25) is 0 Å². The maximum absolute atomic E-state index is 12.9. The number of ether oxygens (including phenoxy) is 3. The number of aliphatic hydroxyl groups is 1. The van der Waals surface area contributed by atoms with Crippen molar-refractivity contribution in [3.8, 4) is 17.2 Å². The molecule has 12 heteroatoms. The fourth-order valence-electron chi connectivity index (χ4n) is 4.31. The number of alkyl halides is 3. The summed E-state index contributed by atoms with van der Waals surface area (Å²) in [6, 6.07) is 18.4. The molecule has 5 rings (SSSR count). The van der Waals surface area contributed by atoms with Gasteiger partial charge in [0, 0.05) is 12.1 Å². The predicted octanol–water partition coefficient (Wildman–Crippen LogP) is 5.30. The molecule has 2 aliphatic heterocycles. The van der Waals surface area contributed by atoms with E-state index in [4.69, 9.17) is 14.3 Å². The van der Waals surface area contributed by atoms with Gasteiger partial charge in [-0.3, -0.25) is 0 Å². The molecule has 0 aliphatic carbocycles. The van der Waals surface area contributed by atoms with Crippen LogP contribution in [0.15, 0.2) is 82.1 Å². The van der Waals surface area contributed by atoms with Crippen LogP contribution >= 0.6 is 0 Å². The summed E-state index contributed by atoms with van der Waals surface area (Å²) >= 11 is 0. The molecule has 2 N–H and O–H groups in total. The third-order valence-corrected chi connectivity index (χ3v) is 7.34. The van der Waals surface area contributed by atoms with Crippen LogP contribution in [0, 0.1) is 10.7 Å². The van der Waals surface area contributed by atoms with Gasteiger partial charge in [-0.15, -0.1) is 13.2 Å². The fourth-order valence-corrected chi connectivity index (χ4v) is 5.26. The van der Waals surface area contributed by atoms with Gasteiger partial charge in [0.1, 0.15) is 5.75 Å². The molecule has 2 heterocycles. The molecule has 1 saturated heterocycles. The predicted molar refractivity (Wildman–Crippen MR) is 130 cm³/mol. The van der Waals surface area contributed by atoms with E-state index in [0.29, 0.717) is 11.5 Å². The Morgan fingerprint density at radius 1 is 1.00 bits per heavy atom. The number of hydrogen-bond donors (Lipinski definition) is 2. The lowest BCUT2D eigenvalue weighted by atomic mass is 9.93. The molecule has 194 valence electrons. The molecule has 0 spiro atoms. The van der Waals surface area contributed by atoms with Crippen molar-refractivity contribution in [3.63, 3.8) is 0 Å². The minimum atomic E-state index is -4.86. The number of nitrogens with one attached hydrogen (secondary N) is 1. The largest absolute Gasteiger partial charge is 0.573 e. The second-order valence-corrected chi connectivity index (χ2v) is 10.2. The molecular formula is C25H22F3N3O5S. The van der Waals surface area contributed by atoms with E-state index in [1.165, 1.54) is 6.21 Å². The third-order valence-electron chi connectivity index (χ3n) is 6.01. The smallest absolute Gasteiger partial charge is 0.453 e. The molecule has 0 amide bonds. The van der Waals surface area contributed by atoms with Gasteiger partial charge in [0.25, 0.3) is 0 Å². The summed E-state index contributed by atoms with van der Waals surface area (Å²) < 4.78 is 77.7. The molecule has 0 saturated carbocycles. The zero-order valence-corrected chi connectivity index (χ0v) is 20.0. The highest BCUT2D eigenvalue weighted by Gasteiger charge is 2.40. The molecule has 8 nitrogen and oxygen atoms in total. The summed E-state index contributed by atoms with van der Waals surface area (Å²) in [4.78, 5) is 1.84. The Labute approximate surface area is 211 Å². The Morgan fingerprint density at radius 3 is 2.19 bits per heavy atom. The first-order valence-electron chi connectivity index (χ1n) is 11.2. The summed E-state index contributed by atoms with van der Waals surface area (Å²) in [5.74, 6) is 0.0491. The van der Waals surface area contributed by atoms with Gasteiger partial charge in [-0.05, 0) is 48.5 Å². The van der Waals surface area contributed by atoms with Crippen molar-refractivity contribution < 1.29 is 36.7 Å². The number of para-hydroxylation sites is 4. The Kier molecular flexibility index (Phi) is 6.56. The zero-order valence-electron chi connectivity index (χ0n) is 19.2. The highest BCUT2D eigenvalue weighted by molar-refractivity contribution is 7.91. The van der Waals surface area contributed by atoms with E-state index in [2.05, 4.69) is 9.13 Å². The number of fused-ring (bicyclic) bond motifs is 2. The molecule has 3 aromatic rings. The van der Waals surface area contributed by atoms with Crippen molar-refractivity contribution in [2.45, 2.75) is 23.4 Å². The van der Waals surface area contributed by atoms with E-state index < -0.39 is 40.1 Å². The fraction of sp³-hybridized carbons (Fsp3) is 0.240. The summed E-state index contributed by atoms with van der Waals surface area (Å²) in [6.07, 6.45) is -4.64. The van der Waals surface area contributed by atoms with Crippen molar-refractivity contribution in [2.75, 3.05) is 18.1 Å². The van der Waals surface area contributed by atoms with Gasteiger partial charge < -0.3 is 24.2 Å². The van der Waals surface area contributed by atoms with Gasteiger partial charge in [-0.2, -0.15) is 4.40 Å². The minimum absolute atomic E-state index is 0.0860. The van der Waals surface area contributed by atoms with Gasteiger partial charge in [-0.1, -0.05) is 24.3 Å². The normalized spacial score (nSPS) is 23.0. The highest BCUT2D eigenvalue weighted by Crippen LogP contribution is 2.48. The van der Waals surface area contributed by atoms with Crippen LogP contribution in [0.25, 0.3) is 0 Å². The van der Waals surface area contributed by atoms with E-state index in [1.807, 2.05) is 53.4 Å². The number of benzene rings is 3. The van der Waals surface area contributed by atoms with Crippen LogP contribution < -0.4 is 14.4 Å². The molecule has 3 aromatic carbocycles. The molecule has 2 aliphatic rings. The van der Waals surface area contributed by atoms with Crippen molar-refractivity contribution >= 4 is 27.5 Å². The Hall–Kier alpha value is -3.61. The third kappa shape index (κ3) is 5.26. The van der Waals surface area contributed by atoms with Crippen LogP contribution in [-0.2, 0) is 14.7 Å². The van der Waals surface area contributed by atoms with Crippen LogP contribution in [-0.4, -0.2) is 47.3 Å². The van der Waals surface area contributed by atoms with Crippen LogP contribution in [0.2, 0.25) is 0 Å². The second-order valence-electron chi connectivity index (χ2n) is 8.47. The number of anilines is 2. The molecule has 37 heavy (non-hydrogen) atoms. The highest BCUT2D eigenvalue weighted by atomic mass is 32.2. The lowest BCUT2D eigenvalue weighted by molar-refractivity contribution is -0.274.